The van der Waals surface area contributed by atoms with E-state index >= 15 is 0 Å². The summed E-state index contributed by atoms with van der Waals surface area (Å²) in [6, 6.07) is 6.41. The zero-order valence-electron chi connectivity index (χ0n) is 13.0. The van der Waals surface area contributed by atoms with Crippen LogP contribution in [0, 0.1) is 10.1 Å². The average molecular weight is 369 g/mol. The van der Waals surface area contributed by atoms with Crippen LogP contribution in [0.25, 0.3) is 10.6 Å². The molecule has 1 aromatic carbocycles. The molecule has 24 heavy (non-hydrogen) atoms. The highest BCUT2D eigenvalue weighted by Gasteiger charge is 2.26. The molecule has 1 fully saturated rings. The Balaban J connectivity index is 0.00000208. The van der Waals surface area contributed by atoms with Crippen molar-refractivity contribution in [3.05, 3.63) is 45.5 Å². The van der Waals surface area contributed by atoms with Gasteiger partial charge in [-0.05, 0) is 6.92 Å². The number of benzene rings is 1. The summed E-state index contributed by atoms with van der Waals surface area (Å²) in [6.07, 6.45) is 0. The highest BCUT2D eigenvalue weighted by molar-refractivity contribution is 7.13. The molecule has 128 valence electrons. The molecule has 7 nitrogen and oxygen atoms in total. The maximum absolute atomic E-state index is 12.6. The molecule has 0 spiro atoms. The fourth-order valence-electron chi connectivity index (χ4n) is 2.55. The minimum Gasteiger partial charge on any atom is -0.332 e. The molecule has 1 N–H and O–H groups in total. The van der Waals surface area contributed by atoms with Crippen LogP contribution in [0.1, 0.15) is 17.4 Å². The standard InChI is InChI=1S/C15H16N4O3S.ClH/c1-10-8-16-5-6-18(10)15(20)13-9-23-14(17-13)11-3-2-4-12(7-11)19(21)22;/h2-4,7,9-10,16H,5-6,8H2,1H3;1H. The van der Waals surface area contributed by atoms with Crippen molar-refractivity contribution < 1.29 is 9.72 Å². The van der Waals surface area contributed by atoms with E-state index in [9.17, 15) is 14.9 Å². The summed E-state index contributed by atoms with van der Waals surface area (Å²) in [4.78, 5) is 29.2. The Hall–Kier alpha value is -2.03. The molecule has 3 rings (SSSR count). The molecule has 9 heteroatoms. The van der Waals surface area contributed by atoms with Crippen LogP contribution in [0.15, 0.2) is 29.6 Å². The first kappa shape index (κ1) is 18.3. The number of nitrogens with one attached hydrogen (secondary N) is 1. The molecule has 1 saturated heterocycles. The van der Waals surface area contributed by atoms with E-state index in [4.69, 9.17) is 0 Å². The number of nitro benzene ring substituents is 1. The third-order valence-electron chi connectivity index (χ3n) is 3.79. The smallest absolute Gasteiger partial charge is 0.273 e. The lowest BCUT2D eigenvalue weighted by atomic mass is 10.2. The van der Waals surface area contributed by atoms with E-state index in [1.54, 1.807) is 17.5 Å². The highest BCUT2D eigenvalue weighted by atomic mass is 35.5. The summed E-state index contributed by atoms with van der Waals surface area (Å²) >= 11 is 1.32. The van der Waals surface area contributed by atoms with Crippen LogP contribution in [0.2, 0.25) is 0 Å². The lowest BCUT2D eigenvalue weighted by Crippen LogP contribution is -2.52. The number of carbonyl (C=O) groups is 1. The fraction of sp³-hybridized carbons (Fsp3) is 0.333. The lowest BCUT2D eigenvalue weighted by Gasteiger charge is -2.33. The van der Waals surface area contributed by atoms with Crippen LogP contribution >= 0.6 is 23.7 Å². The SMILES string of the molecule is CC1CNCCN1C(=O)c1csc(-c2cccc([N+](=O)[O-])c2)n1.Cl. The van der Waals surface area contributed by atoms with Crippen molar-refractivity contribution in [2.75, 3.05) is 19.6 Å². The predicted molar refractivity (Wildman–Crippen MR) is 94.8 cm³/mol. The molecular weight excluding hydrogens is 352 g/mol. The average Bonchev–Trinajstić information content (AvgIpc) is 3.05. The minimum absolute atomic E-state index is 0. The zero-order chi connectivity index (χ0) is 16.4. The molecule has 1 unspecified atom stereocenters. The van der Waals surface area contributed by atoms with Crippen LogP contribution in [0.4, 0.5) is 5.69 Å². The number of hydrogen-bond donors (Lipinski definition) is 1. The Kier molecular flexibility index (Phi) is 5.87. The molecular formula is C15H17ClN4O3S. The first-order valence-electron chi connectivity index (χ1n) is 7.28. The summed E-state index contributed by atoms with van der Waals surface area (Å²) in [5.74, 6) is -0.0908. The molecule has 1 aliphatic rings. The van der Waals surface area contributed by atoms with Gasteiger partial charge in [-0.3, -0.25) is 14.9 Å². The van der Waals surface area contributed by atoms with E-state index in [1.165, 1.54) is 23.5 Å². The van der Waals surface area contributed by atoms with Gasteiger partial charge >= 0.3 is 0 Å². The van der Waals surface area contributed by atoms with Gasteiger partial charge in [0.05, 0.1) is 4.92 Å². The molecule has 0 saturated carbocycles. The molecule has 1 aliphatic heterocycles. The van der Waals surface area contributed by atoms with Crippen LogP contribution < -0.4 is 5.32 Å². The van der Waals surface area contributed by atoms with E-state index in [0.717, 1.165) is 13.1 Å². The molecule has 0 radical (unpaired) electrons. The second-order valence-electron chi connectivity index (χ2n) is 5.40. The summed E-state index contributed by atoms with van der Waals surface area (Å²) in [7, 11) is 0. The molecule has 0 bridgehead atoms. The molecule has 0 aliphatic carbocycles. The third kappa shape index (κ3) is 3.72. The number of non-ortho nitro benzene ring substituents is 1. The van der Waals surface area contributed by atoms with Crippen molar-refractivity contribution in [2.24, 2.45) is 0 Å². The monoisotopic (exact) mass is 368 g/mol. The maximum atomic E-state index is 12.6. The Labute approximate surface area is 149 Å². The van der Waals surface area contributed by atoms with E-state index in [2.05, 4.69) is 10.3 Å². The van der Waals surface area contributed by atoms with Crippen LogP contribution in [0.5, 0.6) is 0 Å². The van der Waals surface area contributed by atoms with E-state index in [0.29, 0.717) is 22.8 Å². The van der Waals surface area contributed by atoms with Gasteiger partial charge < -0.3 is 10.2 Å². The van der Waals surface area contributed by atoms with Crippen molar-refractivity contribution in [2.45, 2.75) is 13.0 Å². The number of amides is 1. The van der Waals surface area contributed by atoms with Gasteiger partial charge in [-0.25, -0.2) is 4.98 Å². The molecule has 2 heterocycles. The van der Waals surface area contributed by atoms with Crippen LogP contribution in [-0.4, -0.2) is 46.4 Å². The summed E-state index contributed by atoms with van der Waals surface area (Å²) in [5.41, 5.74) is 1.06. The summed E-state index contributed by atoms with van der Waals surface area (Å²) < 4.78 is 0. The van der Waals surface area contributed by atoms with Crippen LogP contribution in [0.3, 0.4) is 0 Å². The second-order valence-corrected chi connectivity index (χ2v) is 6.26. The minimum atomic E-state index is -0.439. The van der Waals surface area contributed by atoms with Gasteiger partial charge in [0.2, 0.25) is 0 Å². The predicted octanol–water partition coefficient (Wildman–Crippen LogP) is 2.57. The van der Waals surface area contributed by atoms with Gasteiger partial charge in [0.1, 0.15) is 10.7 Å². The van der Waals surface area contributed by atoms with Gasteiger partial charge in [0.25, 0.3) is 11.6 Å². The number of rotatable bonds is 3. The number of aromatic nitrogens is 1. The number of hydrogen-bond acceptors (Lipinski definition) is 6. The van der Waals surface area contributed by atoms with Gasteiger partial charge in [0.15, 0.2) is 0 Å². The second kappa shape index (κ2) is 7.69. The fourth-order valence-corrected chi connectivity index (χ4v) is 3.34. The Morgan fingerprint density at radius 2 is 2.29 bits per heavy atom. The molecule has 1 amide bonds. The first-order chi connectivity index (χ1) is 11.1. The number of halogens is 1. The molecule has 2 aromatic rings. The normalized spacial score (nSPS) is 17.2. The first-order valence-corrected chi connectivity index (χ1v) is 8.16. The van der Waals surface area contributed by atoms with Gasteiger partial charge in [0, 0.05) is 48.8 Å². The summed E-state index contributed by atoms with van der Waals surface area (Å²) in [6.45, 7) is 4.20. The van der Waals surface area contributed by atoms with Gasteiger partial charge in [-0.2, -0.15) is 0 Å². The van der Waals surface area contributed by atoms with Crippen LogP contribution in [-0.2, 0) is 0 Å². The molecule has 1 atom stereocenters. The largest absolute Gasteiger partial charge is 0.332 e. The number of piperazine rings is 1. The number of nitro groups is 1. The zero-order valence-corrected chi connectivity index (χ0v) is 14.6. The van der Waals surface area contributed by atoms with Crippen molar-refractivity contribution in [3.63, 3.8) is 0 Å². The maximum Gasteiger partial charge on any atom is 0.273 e. The Morgan fingerprint density at radius 3 is 3.00 bits per heavy atom. The Bertz CT molecular complexity index is 752. The number of thiazole rings is 1. The van der Waals surface area contributed by atoms with Gasteiger partial charge in [-0.15, -0.1) is 23.7 Å². The quantitative estimate of drug-likeness (QED) is 0.664. The van der Waals surface area contributed by atoms with E-state index < -0.39 is 4.92 Å². The van der Waals surface area contributed by atoms with Crippen molar-refractivity contribution in [1.82, 2.24) is 15.2 Å². The molecule has 1 aromatic heterocycles. The number of nitrogens with zero attached hydrogens (tertiary/aromatic N) is 3. The van der Waals surface area contributed by atoms with Crippen molar-refractivity contribution in [1.29, 1.82) is 0 Å². The summed E-state index contributed by atoms with van der Waals surface area (Å²) in [5, 5.41) is 16.4. The lowest BCUT2D eigenvalue weighted by molar-refractivity contribution is -0.384. The Morgan fingerprint density at radius 1 is 1.50 bits per heavy atom. The van der Waals surface area contributed by atoms with Crippen molar-refractivity contribution in [3.8, 4) is 10.6 Å². The number of carbonyl (C=O) groups excluding carboxylic acids is 1. The van der Waals surface area contributed by atoms with Crippen molar-refractivity contribution >= 4 is 35.3 Å². The van der Waals surface area contributed by atoms with Gasteiger partial charge in [-0.1, -0.05) is 12.1 Å². The van der Waals surface area contributed by atoms with E-state index in [-0.39, 0.29) is 30.0 Å². The topological polar surface area (TPSA) is 88.4 Å². The van der Waals surface area contributed by atoms with E-state index in [1.807, 2.05) is 11.8 Å². The third-order valence-corrected chi connectivity index (χ3v) is 4.68. The highest BCUT2D eigenvalue weighted by Crippen LogP contribution is 2.27.